The third kappa shape index (κ3) is 3.52. The maximum absolute atomic E-state index is 13.3. The number of amides is 1. The number of nitrogens with zero attached hydrogens (tertiary/aromatic N) is 5. The van der Waals surface area contributed by atoms with Crippen LogP contribution in [0.25, 0.3) is 17.2 Å². The number of aromatic nitrogens is 5. The lowest BCUT2D eigenvalue weighted by molar-refractivity contribution is 0.102. The number of anilines is 1. The summed E-state index contributed by atoms with van der Waals surface area (Å²) in [5, 5.41) is 11.3. The molecule has 0 radical (unpaired) electrons. The number of hydrogen-bond acceptors (Lipinski definition) is 6. The molecule has 0 spiro atoms. The van der Waals surface area contributed by atoms with Gasteiger partial charge in [-0.2, -0.15) is 9.36 Å². The zero-order valence-electron chi connectivity index (χ0n) is 15.0. The summed E-state index contributed by atoms with van der Waals surface area (Å²) in [4.78, 5) is 16.5. The summed E-state index contributed by atoms with van der Waals surface area (Å²) >= 11 is 1.02. The predicted molar refractivity (Wildman–Crippen MR) is 104 cm³/mol. The minimum atomic E-state index is -0.478. The van der Waals surface area contributed by atoms with E-state index in [0.29, 0.717) is 16.6 Å². The van der Waals surface area contributed by atoms with E-state index in [0.717, 1.165) is 34.5 Å². The van der Waals surface area contributed by atoms with Crippen LogP contribution in [0.15, 0.2) is 48.5 Å². The quantitative estimate of drug-likeness (QED) is 0.569. The summed E-state index contributed by atoms with van der Waals surface area (Å²) in [6, 6.07) is 13.4. The summed E-state index contributed by atoms with van der Waals surface area (Å²) in [6.45, 7) is 3.89. The molecule has 0 aliphatic carbocycles. The number of benzene rings is 2. The molecule has 2 aromatic heterocycles. The summed E-state index contributed by atoms with van der Waals surface area (Å²) in [5.74, 6) is -0.563. The number of nitrogens with one attached hydrogen (secondary N) is 1. The molecule has 9 heteroatoms. The monoisotopic (exact) mass is 394 g/mol. The molecule has 1 amide bonds. The SMILES string of the molecule is Cc1ccc(-n2nnc(-c3nsc(NC(=O)c4cccc(F)c4)n3)c2C)cc1. The van der Waals surface area contributed by atoms with Gasteiger partial charge in [0.05, 0.1) is 11.4 Å². The van der Waals surface area contributed by atoms with E-state index in [4.69, 9.17) is 0 Å². The highest BCUT2D eigenvalue weighted by Gasteiger charge is 2.18. The van der Waals surface area contributed by atoms with Gasteiger partial charge in [-0.25, -0.2) is 9.07 Å². The molecule has 4 rings (SSSR count). The third-order valence-corrected chi connectivity index (χ3v) is 4.75. The Hall–Kier alpha value is -3.46. The minimum absolute atomic E-state index is 0.207. The van der Waals surface area contributed by atoms with E-state index in [9.17, 15) is 9.18 Å². The zero-order chi connectivity index (χ0) is 19.7. The lowest BCUT2D eigenvalue weighted by atomic mass is 10.2. The van der Waals surface area contributed by atoms with Crippen molar-refractivity contribution in [1.29, 1.82) is 0 Å². The van der Waals surface area contributed by atoms with Crippen molar-refractivity contribution in [1.82, 2.24) is 24.4 Å². The molecule has 0 atom stereocenters. The van der Waals surface area contributed by atoms with E-state index in [1.165, 1.54) is 18.2 Å². The van der Waals surface area contributed by atoms with E-state index in [-0.39, 0.29) is 5.56 Å². The predicted octanol–water partition coefficient (Wildman–Crippen LogP) is 3.79. The second-order valence-corrected chi connectivity index (χ2v) is 6.91. The van der Waals surface area contributed by atoms with Gasteiger partial charge >= 0.3 is 0 Å². The van der Waals surface area contributed by atoms with Gasteiger partial charge in [-0.05, 0) is 44.2 Å². The van der Waals surface area contributed by atoms with Crippen LogP contribution in [0, 0.1) is 19.7 Å². The molecule has 2 aromatic carbocycles. The number of aryl methyl sites for hydroxylation is 1. The van der Waals surface area contributed by atoms with Crippen LogP contribution in [0.1, 0.15) is 21.6 Å². The fraction of sp³-hybridized carbons (Fsp3) is 0.105. The molecule has 28 heavy (non-hydrogen) atoms. The number of carbonyl (C=O) groups excluding carboxylic acids is 1. The first-order chi connectivity index (χ1) is 13.5. The first-order valence-corrected chi connectivity index (χ1v) is 9.19. The van der Waals surface area contributed by atoms with E-state index < -0.39 is 11.7 Å². The Morgan fingerprint density at radius 2 is 1.93 bits per heavy atom. The Morgan fingerprint density at radius 3 is 2.68 bits per heavy atom. The van der Waals surface area contributed by atoms with Crippen molar-refractivity contribution < 1.29 is 9.18 Å². The third-order valence-electron chi connectivity index (χ3n) is 4.12. The van der Waals surface area contributed by atoms with Crippen molar-refractivity contribution in [3.8, 4) is 17.2 Å². The smallest absolute Gasteiger partial charge is 0.257 e. The van der Waals surface area contributed by atoms with Crippen molar-refractivity contribution in [2.24, 2.45) is 0 Å². The lowest BCUT2D eigenvalue weighted by Gasteiger charge is -2.03. The van der Waals surface area contributed by atoms with E-state index in [1.807, 2.05) is 38.1 Å². The molecular formula is C19H15FN6OS. The van der Waals surface area contributed by atoms with Crippen molar-refractivity contribution >= 4 is 22.6 Å². The summed E-state index contributed by atoms with van der Waals surface area (Å²) in [6.07, 6.45) is 0. The normalized spacial score (nSPS) is 10.8. The first-order valence-electron chi connectivity index (χ1n) is 8.41. The van der Waals surface area contributed by atoms with Gasteiger partial charge in [0.1, 0.15) is 5.82 Å². The number of halogens is 1. The molecule has 0 aliphatic rings. The Morgan fingerprint density at radius 1 is 1.14 bits per heavy atom. The zero-order valence-corrected chi connectivity index (χ0v) is 15.9. The van der Waals surface area contributed by atoms with Gasteiger partial charge in [0.2, 0.25) is 5.13 Å². The van der Waals surface area contributed by atoms with Crippen LogP contribution < -0.4 is 5.32 Å². The van der Waals surface area contributed by atoms with Crippen molar-refractivity contribution in [3.63, 3.8) is 0 Å². The molecule has 2 heterocycles. The number of hydrogen-bond donors (Lipinski definition) is 1. The van der Waals surface area contributed by atoms with Crippen LogP contribution in [0.5, 0.6) is 0 Å². The van der Waals surface area contributed by atoms with Crippen LogP contribution in [0.2, 0.25) is 0 Å². The number of rotatable bonds is 4. The molecule has 0 unspecified atom stereocenters. The Kier molecular flexibility index (Phi) is 4.66. The molecule has 1 N–H and O–H groups in total. The van der Waals surface area contributed by atoms with Crippen LogP contribution in [0.3, 0.4) is 0 Å². The van der Waals surface area contributed by atoms with Gasteiger partial charge < -0.3 is 0 Å². The second-order valence-electron chi connectivity index (χ2n) is 6.16. The Labute approximate surface area is 164 Å². The highest BCUT2D eigenvalue weighted by molar-refractivity contribution is 7.10. The van der Waals surface area contributed by atoms with Crippen molar-refractivity contribution in [2.45, 2.75) is 13.8 Å². The summed E-state index contributed by atoms with van der Waals surface area (Å²) in [5.41, 5.74) is 3.56. The Bertz CT molecular complexity index is 1150. The second kappa shape index (κ2) is 7.28. The largest absolute Gasteiger partial charge is 0.297 e. The van der Waals surface area contributed by atoms with Crippen LogP contribution in [-0.2, 0) is 0 Å². The minimum Gasteiger partial charge on any atom is -0.297 e. The Balaban J connectivity index is 1.56. The average molecular weight is 394 g/mol. The molecular weight excluding hydrogens is 379 g/mol. The average Bonchev–Trinajstić information content (AvgIpc) is 3.29. The standard InChI is InChI=1S/C19H15FN6OS/c1-11-6-8-15(9-7-11)26-12(2)16(23-25-26)17-21-19(28-24-17)22-18(27)13-4-3-5-14(20)10-13/h3-10H,1-2H3,(H,21,22,24,27). The molecule has 0 aliphatic heterocycles. The maximum atomic E-state index is 13.3. The first kappa shape index (κ1) is 17.9. The van der Waals surface area contributed by atoms with Crippen LogP contribution >= 0.6 is 11.5 Å². The van der Waals surface area contributed by atoms with E-state index in [2.05, 4.69) is 25.0 Å². The maximum Gasteiger partial charge on any atom is 0.257 e. The fourth-order valence-electron chi connectivity index (χ4n) is 2.64. The van der Waals surface area contributed by atoms with Gasteiger partial charge in [-0.3, -0.25) is 10.1 Å². The van der Waals surface area contributed by atoms with Crippen molar-refractivity contribution in [3.05, 3.63) is 71.2 Å². The highest BCUT2D eigenvalue weighted by Crippen LogP contribution is 2.24. The molecule has 140 valence electrons. The molecule has 0 fully saturated rings. The molecule has 0 saturated heterocycles. The van der Waals surface area contributed by atoms with E-state index in [1.54, 1.807) is 4.68 Å². The highest BCUT2D eigenvalue weighted by atomic mass is 32.1. The van der Waals surface area contributed by atoms with Gasteiger partial charge in [0.15, 0.2) is 11.5 Å². The fourth-order valence-corrected chi connectivity index (χ4v) is 3.20. The van der Waals surface area contributed by atoms with Crippen molar-refractivity contribution in [2.75, 3.05) is 5.32 Å². The van der Waals surface area contributed by atoms with Gasteiger partial charge in [-0.15, -0.1) is 5.10 Å². The molecule has 0 saturated carbocycles. The summed E-state index contributed by atoms with van der Waals surface area (Å²) in [7, 11) is 0. The van der Waals surface area contributed by atoms with E-state index >= 15 is 0 Å². The topological polar surface area (TPSA) is 85.6 Å². The molecule has 4 aromatic rings. The molecule has 0 bridgehead atoms. The summed E-state index contributed by atoms with van der Waals surface area (Å²) < 4.78 is 19.2. The number of carbonyl (C=O) groups is 1. The lowest BCUT2D eigenvalue weighted by Crippen LogP contribution is -2.11. The van der Waals surface area contributed by atoms with Gasteiger partial charge in [-0.1, -0.05) is 29.0 Å². The van der Waals surface area contributed by atoms with Gasteiger partial charge in [0, 0.05) is 17.1 Å². The molecule has 7 nitrogen and oxygen atoms in total. The van der Waals surface area contributed by atoms with Crippen LogP contribution in [0.4, 0.5) is 9.52 Å². The van der Waals surface area contributed by atoms with Gasteiger partial charge in [0.25, 0.3) is 5.91 Å². The van der Waals surface area contributed by atoms with Crippen LogP contribution in [-0.4, -0.2) is 30.3 Å².